The van der Waals surface area contributed by atoms with Crippen LogP contribution in [-0.2, 0) is 5.41 Å². The van der Waals surface area contributed by atoms with Crippen molar-refractivity contribution >= 4 is 32.4 Å². The lowest BCUT2D eigenvalue weighted by Crippen LogP contribution is -2.26. The van der Waals surface area contributed by atoms with Crippen LogP contribution in [0.3, 0.4) is 0 Å². The fourth-order valence-electron chi connectivity index (χ4n) is 9.20. The molecular weight excluding hydrogens is 687 g/mol. The van der Waals surface area contributed by atoms with E-state index in [2.05, 4.69) is 216 Å². The topological polar surface area (TPSA) is 4.93 Å². The van der Waals surface area contributed by atoms with Crippen molar-refractivity contribution in [2.75, 3.05) is 0 Å². The summed E-state index contributed by atoms with van der Waals surface area (Å²) in [7, 11) is 0. The maximum atomic E-state index is 3.48. The molecule has 0 fully saturated rings. The number of aryl methyl sites for hydroxylation is 1. The van der Waals surface area contributed by atoms with E-state index in [9.17, 15) is 0 Å². The first-order chi connectivity index (χ1) is 27.8. The van der Waals surface area contributed by atoms with E-state index in [4.69, 9.17) is 0 Å². The number of fused-ring (bicyclic) bond motifs is 6. The van der Waals surface area contributed by atoms with Crippen LogP contribution in [0.5, 0.6) is 0 Å². The summed E-state index contributed by atoms with van der Waals surface area (Å²) in [5.74, 6) is 0.330. The zero-order valence-electron chi connectivity index (χ0n) is 33.7. The van der Waals surface area contributed by atoms with Crippen LogP contribution in [0.2, 0.25) is 0 Å². The van der Waals surface area contributed by atoms with Crippen molar-refractivity contribution in [3.63, 3.8) is 0 Å². The zero-order chi connectivity index (χ0) is 39.3. The van der Waals surface area contributed by atoms with Crippen molar-refractivity contribution in [2.45, 2.75) is 52.4 Å². The first kappa shape index (κ1) is 36.2. The number of allylic oxidation sites excluding steroid dienone is 7. The molecule has 1 heteroatoms. The molecule has 0 N–H and O–H groups in total. The van der Waals surface area contributed by atoms with Crippen LogP contribution in [0.25, 0.3) is 71.5 Å². The van der Waals surface area contributed by atoms with Crippen molar-refractivity contribution in [3.05, 3.63) is 211 Å². The van der Waals surface area contributed by atoms with Gasteiger partial charge in [0.2, 0.25) is 0 Å². The second-order valence-corrected chi connectivity index (χ2v) is 16.0. The van der Waals surface area contributed by atoms with Crippen molar-refractivity contribution in [1.82, 2.24) is 4.57 Å². The van der Waals surface area contributed by atoms with Crippen LogP contribution in [-0.4, -0.2) is 4.57 Å². The molecule has 1 unspecified atom stereocenters. The Morgan fingerprint density at radius 3 is 1.77 bits per heavy atom. The molecule has 1 heterocycles. The molecule has 0 aliphatic heterocycles. The second kappa shape index (κ2) is 14.6. The molecule has 0 radical (unpaired) electrons. The molecule has 2 aliphatic carbocycles. The van der Waals surface area contributed by atoms with Crippen LogP contribution in [0, 0.1) is 13.8 Å². The lowest BCUT2D eigenvalue weighted by molar-refractivity contribution is 0.611. The summed E-state index contributed by atoms with van der Waals surface area (Å²) in [6.45, 7) is 14.8. The summed E-state index contributed by atoms with van der Waals surface area (Å²) in [4.78, 5) is 0. The second-order valence-electron chi connectivity index (χ2n) is 16.0. The minimum atomic E-state index is -0.0427. The number of benzene rings is 7. The highest BCUT2D eigenvalue weighted by atomic mass is 15.0. The molecule has 2 aliphatic rings. The molecule has 278 valence electrons. The Morgan fingerprint density at radius 1 is 0.614 bits per heavy atom. The molecule has 0 saturated heterocycles. The highest BCUT2D eigenvalue weighted by molar-refractivity contribution is 6.21. The first-order valence-electron chi connectivity index (χ1n) is 20.3. The average Bonchev–Trinajstić information content (AvgIpc) is 3.37. The maximum Gasteiger partial charge on any atom is 0.0534 e. The molecule has 0 amide bonds. The van der Waals surface area contributed by atoms with Crippen LogP contribution < -0.4 is 0 Å². The van der Waals surface area contributed by atoms with Gasteiger partial charge in [0.25, 0.3) is 0 Å². The molecule has 1 atom stereocenters. The number of rotatable bonds is 5. The van der Waals surface area contributed by atoms with Gasteiger partial charge in [0, 0.05) is 28.1 Å². The van der Waals surface area contributed by atoms with E-state index >= 15 is 0 Å². The van der Waals surface area contributed by atoms with Gasteiger partial charge in [-0.3, -0.25) is 0 Å². The highest BCUT2D eigenvalue weighted by Crippen LogP contribution is 2.47. The molecule has 0 spiro atoms. The van der Waals surface area contributed by atoms with Crippen LogP contribution in [0.15, 0.2) is 188 Å². The Kier molecular flexibility index (Phi) is 9.26. The maximum absolute atomic E-state index is 3.48. The van der Waals surface area contributed by atoms with E-state index in [1.807, 2.05) is 6.08 Å². The Balaban J connectivity index is 0.00000101. The molecule has 10 rings (SSSR count). The average molecular weight is 736 g/mol. The summed E-state index contributed by atoms with van der Waals surface area (Å²) in [6, 6.07) is 52.0. The molecule has 2 bridgehead atoms. The number of hydrogen-bond donors (Lipinski definition) is 0. The molecular formula is C56H49N. The van der Waals surface area contributed by atoms with Crippen molar-refractivity contribution in [2.24, 2.45) is 0 Å². The smallest absolute Gasteiger partial charge is 0.0534 e. The van der Waals surface area contributed by atoms with E-state index in [1.54, 1.807) is 0 Å². The van der Waals surface area contributed by atoms with Crippen LogP contribution in [0.1, 0.15) is 55.5 Å². The van der Waals surface area contributed by atoms with Crippen LogP contribution in [0.4, 0.5) is 0 Å². The van der Waals surface area contributed by atoms with Gasteiger partial charge in [-0.15, -0.1) is 6.58 Å². The van der Waals surface area contributed by atoms with Crippen molar-refractivity contribution in [3.8, 4) is 39.1 Å². The molecule has 7 aromatic carbocycles. The highest BCUT2D eigenvalue weighted by Gasteiger charge is 2.33. The summed E-state index contributed by atoms with van der Waals surface area (Å²) < 4.78 is 2.43. The van der Waals surface area contributed by atoms with Gasteiger partial charge in [-0.1, -0.05) is 166 Å². The van der Waals surface area contributed by atoms with E-state index in [-0.39, 0.29) is 5.41 Å². The van der Waals surface area contributed by atoms with Gasteiger partial charge in [0.15, 0.2) is 0 Å². The SMILES string of the molecule is C=CCC.Cc1c(C)n(-c2ccc(-c3c4ccccc4c(-c4ccccc4)c4ccccc34)cc2)c2ccc(-c3ccc4c(c3)C(C)(C)C3=CC4C=CC=C3)cc12. The van der Waals surface area contributed by atoms with Gasteiger partial charge in [-0.05, 0) is 128 Å². The van der Waals surface area contributed by atoms with E-state index in [0.29, 0.717) is 5.92 Å². The van der Waals surface area contributed by atoms with E-state index < -0.39 is 0 Å². The van der Waals surface area contributed by atoms with E-state index in [1.165, 1.54) is 99.5 Å². The van der Waals surface area contributed by atoms with E-state index in [0.717, 1.165) is 6.42 Å². The lowest BCUT2D eigenvalue weighted by Gasteiger charge is -2.36. The lowest BCUT2D eigenvalue weighted by atomic mass is 9.68. The number of hydrogen-bond acceptors (Lipinski definition) is 0. The molecule has 1 aromatic heterocycles. The standard InChI is InChI=1S/C52H41N.C4H8/c1-33-34(2)53(49-29-25-37(31-47(33)49)38-24-28-42-39-16-8-9-17-40(30-39)52(3,4)48(42)32-38)41-26-22-36(23-27-41)51-45-20-12-10-18-43(45)50(35-14-6-5-7-15-35)44-19-11-13-21-46(44)51;1-3-4-2/h5-32,39H,1-4H3;3H,1,4H2,2H3. The Hall–Kier alpha value is -6.44. The molecule has 0 saturated carbocycles. The quantitative estimate of drug-likeness (QED) is 0.123. The molecule has 1 nitrogen and oxygen atoms in total. The summed E-state index contributed by atoms with van der Waals surface area (Å²) in [5.41, 5.74) is 16.8. The summed E-state index contributed by atoms with van der Waals surface area (Å²) in [6.07, 6.45) is 14.4. The van der Waals surface area contributed by atoms with Gasteiger partial charge in [0.1, 0.15) is 0 Å². The normalized spacial score (nSPS) is 15.2. The van der Waals surface area contributed by atoms with Crippen LogP contribution >= 0.6 is 0 Å². The first-order valence-corrected chi connectivity index (χ1v) is 20.3. The number of aromatic nitrogens is 1. The molecule has 57 heavy (non-hydrogen) atoms. The fraction of sp³-hybridized carbons (Fsp3) is 0.143. The Labute approximate surface area is 337 Å². The Morgan fingerprint density at radius 2 is 1.16 bits per heavy atom. The van der Waals surface area contributed by atoms with Gasteiger partial charge >= 0.3 is 0 Å². The minimum Gasteiger partial charge on any atom is -0.314 e. The predicted molar refractivity (Wildman–Crippen MR) is 247 cm³/mol. The number of nitrogens with zero attached hydrogens (tertiary/aromatic N) is 1. The fourth-order valence-corrected chi connectivity index (χ4v) is 9.20. The third-order valence-corrected chi connectivity index (χ3v) is 12.4. The zero-order valence-corrected chi connectivity index (χ0v) is 33.7. The van der Waals surface area contributed by atoms with Crippen molar-refractivity contribution < 1.29 is 0 Å². The third-order valence-electron chi connectivity index (χ3n) is 12.4. The minimum absolute atomic E-state index is 0.0427. The largest absolute Gasteiger partial charge is 0.314 e. The predicted octanol–water partition coefficient (Wildman–Crippen LogP) is 15.6. The van der Waals surface area contributed by atoms with Gasteiger partial charge in [0.05, 0.1) is 5.52 Å². The summed E-state index contributed by atoms with van der Waals surface area (Å²) >= 11 is 0. The van der Waals surface area contributed by atoms with Gasteiger partial charge in [-0.25, -0.2) is 0 Å². The van der Waals surface area contributed by atoms with Gasteiger partial charge < -0.3 is 4.57 Å². The molecule has 8 aromatic rings. The third kappa shape index (κ3) is 6.10. The monoisotopic (exact) mass is 735 g/mol. The van der Waals surface area contributed by atoms with Gasteiger partial charge in [-0.2, -0.15) is 0 Å². The Bertz CT molecular complexity index is 2870. The van der Waals surface area contributed by atoms with Crippen molar-refractivity contribution in [1.29, 1.82) is 0 Å². The summed E-state index contributed by atoms with van der Waals surface area (Å²) in [5, 5.41) is 6.41.